The van der Waals surface area contributed by atoms with Crippen LogP contribution in [0, 0.1) is 17.3 Å². The SMILES string of the molecule is C=C1C(=O)O[C@@H]2C3CC3(C)CC/C=C(/CO)CC[C@@H]12. The lowest BCUT2D eigenvalue weighted by Crippen LogP contribution is -2.23. The first-order valence-electron chi connectivity index (χ1n) is 7.24. The standard InChI is InChI=1S/C16H22O3/c1-10-12-6-5-11(9-17)4-3-7-16(2)8-13(16)14(12)19-15(10)18/h4,12-14,17H,1,3,5-9H2,2H3/b11-4+/t12-,13?,14-,16?/m0/s1. The van der Waals surface area contributed by atoms with E-state index >= 15 is 0 Å². The van der Waals surface area contributed by atoms with E-state index < -0.39 is 0 Å². The van der Waals surface area contributed by atoms with Gasteiger partial charge in [0.15, 0.2) is 0 Å². The highest BCUT2D eigenvalue weighted by molar-refractivity contribution is 5.90. The van der Waals surface area contributed by atoms with Crippen LogP contribution in [0.25, 0.3) is 0 Å². The molecule has 104 valence electrons. The zero-order valence-corrected chi connectivity index (χ0v) is 11.5. The maximum absolute atomic E-state index is 11.8. The molecule has 0 aromatic rings. The fourth-order valence-electron chi connectivity index (χ4n) is 3.77. The van der Waals surface area contributed by atoms with E-state index in [4.69, 9.17) is 4.74 Å². The van der Waals surface area contributed by atoms with Crippen molar-refractivity contribution in [2.24, 2.45) is 17.3 Å². The van der Waals surface area contributed by atoms with Gasteiger partial charge >= 0.3 is 5.97 Å². The average Bonchev–Trinajstić information content (AvgIpc) is 2.97. The number of hydrogen-bond donors (Lipinski definition) is 1. The van der Waals surface area contributed by atoms with Gasteiger partial charge in [0.25, 0.3) is 0 Å². The van der Waals surface area contributed by atoms with Crippen molar-refractivity contribution < 1.29 is 14.6 Å². The number of esters is 1. The highest BCUT2D eigenvalue weighted by atomic mass is 16.6. The predicted octanol–water partition coefficient (Wildman–Crippen LogP) is 2.60. The summed E-state index contributed by atoms with van der Waals surface area (Å²) in [6, 6.07) is 0. The second-order valence-corrected chi connectivity index (χ2v) is 6.56. The van der Waals surface area contributed by atoms with Crippen molar-refractivity contribution in [3.05, 3.63) is 23.8 Å². The molecule has 3 aliphatic rings. The molecule has 3 rings (SSSR count). The van der Waals surface area contributed by atoms with Crippen LogP contribution in [-0.2, 0) is 9.53 Å². The van der Waals surface area contributed by atoms with Crippen LogP contribution < -0.4 is 0 Å². The van der Waals surface area contributed by atoms with Gasteiger partial charge in [-0.15, -0.1) is 0 Å². The Morgan fingerprint density at radius 2 is 2.37 bits per heavy atom. The summed E-state index contributed by atoms with van der Waals surface area (Å²) in [5.41, 5.74) is 2.04. The third kappa shape index (κ3) is 2.14. The number of aliphatic hydroxyl groups is 1. The van der Waals surface area contributed by atoms with Crippen LogP contribution in [0.2, 0.25) is 0 Å². The first-order chi connectivity index (χ1) is 9.05. The Kier molecular flexibility index (Phi) is 3.05. The number of aliphatic hydroxyl groups excluding tert-OH is 1. The Bertz CT molecular complexity index is 451. The van der Waals surface area contributed by atoms with Gasteiger partial charge in [-0.1, -0.05) is 19.6 Å². The maximum Gasteiger partial charge on any atom is 0.334 e. The molecule has 0 aromatic carbocycles. The molecule has 0 spiro atoms. The van der Waals surface area contributed by atoms with Gasteiger partial charge in [-0.2, -0.15) is 0 Å². The predicted molar refractivity (Wildman–Crippen MR) is 72.4 cm³/mol. The molecule has 0 aromatic heterocycles. The molecule has 2 fully saturated rings. The molecule has 19 heavy (non-hydrogen) atoms. The Balaban J connectivity index is 1.86. The third-order valence-corrected chi connectivity index (χ3v) is 5.30. The molecule has 0 radical (unpaired) electrons. The number of allylic oxidation sites excluding steroid dienone is 1. The summed E-state index contributed by atoms with van der Waals surface area (Å²) < 4.78 is 5.58. The van der Waals surface area contributed by atoms with Gasteiger partial charge in [0.05, 0.1) is 6.61 Å². The van der Waals surface area contributed by atoms with Gasteiger partial charge in [0, 0.05) is 17.4 Å². The van der Waals surface area contributed by atoms with Gasteiger partial charge in [-0.3, -0.25) is 0 Å². The molecular weight excluding hydrogens is 240 g/mol. The van der Waals surface area contributed by atoms with Crippen LogP contribution in [0.15, 0.2) is 23.8 Å². The van der Waals surface area contributed by atoms with E-state index in [2.05, 4.69) is 19.6 Å². The van der Waals surface area contributed by atoms with Crippen LogP contribution in [-0.4, -0.2) is 23.8 Å². The molecule has 2 aliphatic carbocycles. The highest BCUT2D eigenvalue weighted by Gasteiger charge is 2.59. The number of rotatable bonds is 1. The minimum atomic E-state index is -0.210. The minimum Gasteiger partial charge on any atom is -0.458 e. The summed E-state index contributed by atoms with van der Waals surface area (Å²) in [7, 11) is 0. The van der Waals surface area contributed by atoms with Crippen LogP contribution in [0.3, 0.4) is 0 Å². The highest BCUT2D eigenvalue weighted by Crippen LogP contribution is 2.61. The first kappa shape index (κ1) is 12.9. The van der Waals surface area contributed by atoms with E-state index in [1.807, 2.05) is 0 Å². The van der Waals surface area contributed by atoms with Gasteiger partial charge in [-0.25, -0.2) is 4.79 Å². The number of carbonyl (C=O) groups excluding carboxylic acids is 1. The largest absolute Gasteiger partial charge is 0.458 e. The third-order valence-electron chi connectivity index (χ3n) is 5.30. The number of hydrogen-bond acceptors (Lipinski definition) is 3. The average molecular weight is 262 g/mol. The van der Waals surface area contributed by atoms with Gasteiger partial charge in [0.1, 0.15) is 6.10 Å². The van der Waals surface area contributed by atoms with Gasteiger partial charge in [-0.05, 0) is 43.1 Å². The monoisotopic (exact) mass is 262 g/mol. The quantitative estimate of drug-likeness (QED) is 0.449. The Hall–Kier alpha value is -1.09. The summed E-state index contributed by atoms with van der Waals surface area (Å²) in [5.74, 6) is 0.440. The van der Waals surface area contributed by atoms with E-state index in [1.165, 1.54) is 0 Å². The molecule has 1 heterocycles. The van der Waals surface area contributed by atoms with Crippen LogP contribution in [0.4, 0.5) is 0 Å². The molecule has 1 aliphatic heterocycles. The zero-order chi connectivity index (χ0) is 13.6. The summed E-state index contributed by atoms with van der Waals surface area (Å²) in [6.07, 6.45) is 7.22. The second kappa shape index (κ2) is 4.48. The Labute approximate surface area is 114 Å². The van der Waals surface area contributed by atoms with E-state index in [-0.39, 0.29) is 24.6 Å². The molecule has 0 amide bonds. The molecule has 1 saturated heterocycles. The van der Waals surface area contributed by atoms with Gasteiger partial charge < -0.3 is 9.84 Å². The number of fused-ring (bicyclic) bond motifs is 3. The van der Waals surface area contributed by atoms with E-state index in [0.29, 0.717) is 16.9 Å². The summed E-state index contributed by atoms with van der Waals surface area (Å²) in [5, 5.41) is 9.38. The second-order valence-electron chi connectivity index (χ2n) is 6.56. The van der Waals surface area contributed by atoms with Crippen molar-refractivity contribution in [2.45, 2.75) is 45.1 Å². The molecule has 3 heteroatoms. The fourth-order valence-corrected chi connectivity index (χ4v) is 3.77. The first-order valence-corrected chi connectivity index (χ1v) is 7.24. The zero-order valence-electron chi connectivity index (χ0n) is 11.5. The Morgan fingerprint density at radius 3 is 3.11 bits per heavy atom. The lowest BCUT2D eigenvalue weighted by molar-refractivity contribution is -0.140. The Morgan fingerprint density at radius 1 is 1.58 bits per heavy atom. The molecule has 0 bridgehead atoms. The van der Waals surface area contributed by atoms with Crippen LogP contribution >= 0.6 is 0 Å². The maximum atomic E-state index is 11.8. The summed E-state index contributed by atoms with van der Waals surface area (Å²) in [4.78, 5) is 11.8. The molecule has 2 unspecified atom stereocenters. The van der Waals surface area contributed by atoms with Crippen LogP contribution in [0.5, 0.6) is 0 Å². The van der Waals surface area contributed by atoms with Crippen molar-refractivity contribution in [1.29, 1.82) is 0 Å². The van der Waals surface area contributed by atoms with E-state index in [1.54, 1.807) is 0 Å². The molecule has 1 saturated carbocycles. The van der Waals surface area contributed by atoms with Crippen molar-refractivity contribution in [3.63, 3.8) is 0 Å². The normalized spacial score (nSPS) is 44.7. The molecule has 3 nitrogen and oxygen atoms in total. The molecule has 4 atom stereocenters. The minimum absolute atomic E-state index is 0.0306. The van der Waals surface area contributed by atoms with Crippen molar-refractivity contribution >= 4 is 5.97 Å². The summed E-state index contributed by atoms with van der Waals surface area (Å²) in [6.45, 7) is 6.33. The fraction of sp³-hybridized carbons (Fsp3) is 0.688. The smallest absolute Gasteiger partial charge is 0.334 e. The van der Waals surface area contributed by atoms with E-state index in [9.17, 15) is 9.90 Å². The lowest BCUT2D eigenvalue weighted by atomic mass is 9.84. The van der Waals surface area contributed by atoms with Gasteiger partial charge in [0.2, 0.25) is 0 Å². The number of ether oxygens (including phenoxy) is 1. The molecule has 1 N–H and O–H groups in total. The van der Waals surface area contributed by atoms with E-state index in [0.717, 1.165) is 37.7 Å². The van der Waals surface area contributed by atoms with Crippen molar-refractivity contribution in [3.8, 4) is 0 Å². The van der Waals surface area contributed by atoms with Crippen LogP contribution in [0.1, 0.15) is 39.0 Å². The lowest BCUT2D eigenvalue weighted by Gasteiger charge is -2.22. The van der Waals surface area contributed by atoms with Crippen molar-refractivity contribution in [1.82, 2.24) is 0 Å². The van der Waals surface area contributed by atoms with Crippen molar-refractivity contribution in [2.75, 3.05) is 6.61 Å². The molecular formula is C16H22O3. The topological polar surface area (TPSA) is 46.5 Å². The summed E-state index contributed by atoms with van der Waals surface area (Å²) >= 11 is 0. The number of carbonyl (C=O) groups is 1.